The summed E-state index contributed by atoms with van der Waals surface area (Å²) in [5.41, 5.74) is 0.517. The average molecular weight is 465 g/mol. The van der Waals surface area contributed by atoms with E-state index in [9.17, 15) is 26.9 Å². The first-order valence-corrected chi connectivity index (χ1v) is 11.7. The lowest BCUT2D eigenvalue weighted by molar-refractivity contribution is -0.137. The van der Waals surface area contributed by atoms with E-state index in [2.05, 4.69) is 0 Å². The number of halogens is 3. The highest BCUT2D eigenvalue weighted by atomic mass is 32.2. The van der Waals surface area contributed by atoms with Crippen molar-refractivity contribution in [2.75, 3.05) is 0 Å². The van der Waals surface area contributed by atoms with Crippen molar-refractivity contribution in [2.24, 2.45) is 0 Å². The Morgan fingerprint density at radius 2 is 1.90 bits per heavy atom. The Labute approximate surface area is 182 Å². The van der Waals surface area contributed by atoms with Crippen molar-refractivity contribution in [3.8, 4) is 11.8 Å². The number of hydrogen-bond donors (Lipinski definition) is 0. The van der Waals surface area contributed by atoms with Crippen LogP contribution in [0.4, 0.5) is 13.2 Å². The predicted octanol–water partition coefficient (Wildman–Crippen LogP) is 6.33. The first kappa shape index (κ1) is 22.8. The molecule has 0 unspecified atom stereocenters. The van der Waals surface area contributed by atoms with Gasteiger partial charge in [0.05, 0.1) is 16.1 Å². The standard InChI is InChI=1S/C22H19F3N2O2S2/c1-14(2)21-11-16(10-18(12-26)31(28,29)17-8-9-30-13-17)15(3)27(21)20-7-5-4-6-19(20)22(23,24)25/h4-11,13-14H,1-3H3/b18-10+. The van der Waals surface area contributed by atoms with Gasteiger partial charge in [-0.2, -0.15) is 29.8 Å². The molecule has 0 aliphatic heterocycles. The van der Waals surface area contributed by atoms with E-state index in [0.29, 0.717) is 17.0 Å². The zero-order chi connectivity index (χ0) is 23.0. The van der Waals surface area contributed by atoms with E-state index in [0.717, 1.165) is 6.07 Å². The Morgan fingerprint density at radius 3 is 2.45 bits per heavy atom. The number of nitriles is 1. The van der Waals surface area contributed by atoms with Crippen LogP contribution in [0.2, 0.25) is 0 Å². The second-order valence-electron chi connectivity index (χ2n) is 7.20. The molecule has 162 valence electrons. The van der Waals surface area contributed by atoms with Gasteiger partial charge in [0.15, 0.2) is 0 Å². The number of sulfone groups is 1. The fraction of sp³-hybridized carbons (Fsp3) is 0.227. The van der Waals surface area contributed by atoms with Gasteiger partial charge in [-0.15, -0.1) is 0 Å². The number of thiophene rings is 1. The maximum Gasteiger partial charge on any atom is 0.418 e. The zero-order valence-corrected chi connectivity index (χ0v) is 18.6. The summed E-state index contributed by atoms with van der Waals surface area (Å²) in [7, 11) is -4.02. The number of alkyl halides is 3. The van der Waals surface area contributed by atoms with E-state index in [4.69, 9.17) is 0 Å². The number of rotatable bonds is 5. The first-order chi connectivity index (χ1) is 14.5. The van der Waals surface area contributed by atoms with E-state index in [1.165, 1.54) is 51.6 Å². The van der Waals surface area contributed by atoms with Crippen LogP contribution >= 0.6 is 11.3 Å². The second kappa shape index (κ2) is 8.36. The van der Waals surface area contributed by atoms with Crippen molar-refractivity contribution in [3.63, 3.8) is 0 Å². The summed E-state index contributed by atoms with van der Waals surface area (Å²) in [4.78, 5) is -0.459. The molecule has 2 aromatic heterocycles. The molecular weight excluding hydrogens is 445 g/mol. The molecule has 0 saturated heterocycles. The quantitative estimate of drug-likeness (QED) is 0.415. The topological polar surface area (TPSA) is 62.9 Å². The maximum absolute atomic E-state index is 13.6. The molecule has 1 aromatic carbocycles. The third-order valence-electron chi connectivity index (χ3n) is 4.85. The molecule has 4 nitrogen and oxygen atoms in total. The summed E-state index contributed by atoms with van der Waals surface area (Å²) in [5, 5.41) is 12.5. The first-order valence-electron chi connectivity index (χ1n) is 9.26. The number of hydrogen-bond acceptors (Lipinski definition) is 4. The van der Waals surface area contributed by atoms with Crippen LogP contribution in [-0.2, 0) is 16.0 Å². The Kier molecular flexibility index (Phi) is 6.16. The Hall–Kier alpha value is -2.83. The number of para-hydroxylation sites is 1. The second-order valence-corrected chi connectivity index (χ2v) is 9.90. The highest BCUT2D eigenvalue weighted by molar-refractivity contribution is 7.95. The SMILES string of the molecule is Cc1c(/C=C(\C#N)S(=O)(=O)c2ccsc2)cc(C(C)C)n1-c1ccccc1C(F)(F)F. The predicted molar refractivity (Wildman–Crippen MR) is 115 cm³/mol. The summed E-state index contributed by atoms with van der Waals surface area (Å²) in [6.07, 6.45) is -3.33. The highest BCUT2D eigenvalue weighted by Crippen LogP contribution is 2.37. The van der Waals surface area contributed by atoms with Crippen LogP contribution in [0.25, 0.3) is 11.8 Å². The Balaban J connectivity index is 2.26. The molecule has 0 N–H and O–H groups in total. The lowest BCUT2D eigenvalue weighted by Gasteiger charge is -2.19. The molecule has 0 aliphatic carbocycles. The van der Waals surface area contributed by atoms with E-state index in [1.807, 2.05) is 13.8 Å². The number of aromatic nitrogens is 1. The minimum atomic E-state index is -4.56. The lowest BCUT2D eigenvalue weighted by Crippen LogP contribution is -2.13. The number of allylic oxidation sites excluding steroid dienone is 1. The summed E-state index contributed by atoms with van der Waals surface area (Å²) in [6.45, 7) is 5.28. The van der Waals surface area contributed by atoms with Gasteiger partial charge in [0.2, 0.25) is 9.84 Å². The van der Waals surface area contributed by atoms with E-state index < -0.39 is 26.5 Å². The Bertz CT molecular complexity index is 1280. The monoisotopic (exact) mass is 464 g/mol. The largest absolute Gasteiger partial charge is 0.418 e. The van der Waals surface area contributed by atoms with E-state index in [1.54, 1.807) is 24.4 Å². The van der Waals surface area contributed by atoms with Crippen molar-refractivity contribution in [3.05, 3.63) is 74.6 Å². The van der Waals surface area contributed by atoms with Gasteiger partial charge in [0, 0.05) is 16.8 Å². The smallest absolute Gasteiger partial charge is 0.317 e. The molecular formula is C22H19F3N2O2S2. The van der Waals surface area contributed by atoms with Crippen LogP contribution < -0.4 is 0 Å². The van der Waals surface area contributed by atoms with Crippen LogP contribution in [0.15, 0.2) is 57.0 Å². The lowest BCUT2D eigenvalue weighted by atomic mass is 10.1. The molecule has 0 saturated carbocycles. The molecule has 0 spiro atoms. The fourth-order valence-corrected chi connectivity index (χ4v) is 5.47. The number of nitrogens with zero attached hydrogens (tertiary/aromatic N) is 2. The minimum absolute atomic E-state index is 0.00823. The summed E-state index contributed by atoms with van der Waals surface area (Å²) in [5.74, 6) is -0.152. The molecule has 3 rings (SSSR count). The van der Waals surface area contributed by atoms with Crippen molar-refractivity contribution in [1.82, 2.24) is 4.57 Å². The van der Waals surface area contributed by atoms with Crippen LogP contribution in [0.1, 0.15) is 42.3 Å². The summed E-state index contributed by atoms with van der Waals surface area (Å²) < 4.78 is 68.0. The van der Waals surface area contributed by atoms with Crippen molar-refractivity contribution < 1.29 is 21.6 Å². The van der Waals surface area contributed by atoms with Crippen LogP contribution in [-0.4, -0.2) is 13.0 Å². The van der Waals surface area contributed by atoms with Gasteiger partial charge in [0.1, 0.15) is 11.0 Å². The molecule has 0 amide bonds. The average Bonchev–Trinajstić information content (AvgIpc) is 3.34. The molecule has 31 heavy (non-hydrogen) atoms. The van der Waals surface area contributed by atoms with Gasteiger partial charge in [0.25, 0.3) is 0 Å². The molecule has 0 bridgehead atoms. The third-order valence-corrected chi connectivity index (χ3v) is 7.34. The Morgan fingerprint density at radius 1 is 1.23 bits per heavy atom. The highest BCUT2D eigenvalue weighted by Gasteiger charge is 2.34. The van der Waals surface area contributed by atoms with Crippen LogP contribution in [0.5, 0.6) is 0 Å². The maximum atomic E-state index is 13.6. The van der Waals surface area contributed by atoms with Gasteiger partial charge in [-0.3, -0.25) is 0 Å². The molecule has 0 aliphatic rings. The molecule has 0 atom stereocenters. The normalized spacial score (nSPS) is 12.9. The molecule has 9 heteroatoms. The number of benzene rings is 1. The minimum Gasteiger partial charge on any atom is -0.317 e. The molecule has 0 fully saturated rings. The third kappa shape index (κ3) is 4.31. The summed E-state index contributed by atoms with van der Waals surface area (Å²) >= 11 is 1.19. The van der Waals surface area contributed by atoms with Gasteiger partial charge >= 0.3 is 6.18 Å². The van der Waals surface area contributed by atoms with Crippen molar-refractivity contribution >= 4 is 27.3 Å². The van der Waals surface area contributed by atoms with E-state index >= 15 is 0 Å². The van der Waals surface area contributed by atoms with Crippen molar-refractivity contribution in [1.29, 1.82) is 5.26 Å². The van der Waals surface area contributed by atoms with Crippen LogP contribution in [0, 0.1) is 18.3 Å². The van der Waals surface area contributed by atoms with Gasteiger partial charge in [-0.25, -0.2) is 8.42 Å². The van der Waals surface area contributed by atoms with Gasteiger partial charge < -0.3 is 4.57 Å². The van der Waals surface area contributed by atoms with E-state index in [-0.39, 0.29) is 16.5 Å². The van der Waals surface area contributed by atoms with Crippen LogP contribution in [0.3, 0.4) is 0 Å². The molecule has 2 heterocycles. The summed E-state index contributed by atoms with van der Waals surface area (Å²) in [6, 6.07) is 9.99. The molecule has 3 aromatic rings. The van der Waals surface area contributed by atoms with Gasteiger partial charge in [-0.05, 0) is 54.1 Å². The molecule has 0 radical (unpaired) electrons. The zero-order valence-electron chi connectivity index (χ0n) is 16.9. The fourth-order valence-electron chi connectivity index (χ4n) is 3.29. The van der Waals surface area contributed by atoms with Crippen molar-refractivity contribution in [2.45, 2.75) is 37.8 Å². The van der Waals surface area contributed by atoms with Gasteiger partial charge in [-0.1, -0.05) is 26.0 Å².